The molecule has 11 N–H and O–H groups in total. The van der Waals surface area contributed by atoms with E-state index >= 15 is 0 Å². The molecule has 0 spiro atoms. The number of rotatable bonds is 8. The van der Waals surface area contributed by atoms with Crippen LogP contribution in [0.5, 0.6) is 0 Å². The van der Waals surface area contributed by atoms with E-state index in [9.17, 15) is 39.5 Å². The standard InChI is InChI=1S/C19H24N7O12P.H3N/c20-15-10-16(22-5-21-15)26(6-23-10)18-14(12(30)7(3-27)36-18)38-39(33,34)35-4-8-11(29)13(31)17(37-8)25-2-1-9(28)24-19(25)32;/h1-2,5-8,11-14,17-18,27,29-31H,3-4H2,(H,33,34)(H2,20,21,22)(H,24,28,32);1H3/t7-,8-,11-,12-,13-,14-,17-,18-;/m1./s1. The van der Waals surface area contributed by atoms with E-state index < -0.39 is 81.4 Å². The molecule has 3 aromatic rings. The Bertz CT molecular complexity index is 1510. The second-order valence-corrected chi connectivity index (χ2v) is 10.1. The Hall–Kier alpha value is -3.14. The molecule has 5 rings (SSSR count). The highest BCUT2D eigenvalue weighted by molar-refractivity contribution is 7.47. The molecule has 0 aliphatic carbocycles. The van der Waals surface area contributed by atoms with Crippen LogP contribution >= 0.6 is 7.82 Å². The molecule has 0 aromatic carbocycles. The summed E-state index contributed by atoms with van der Waals surface area (Å²) in [7, 11) is -5.03. The number of aromatic amines is 1. The molecule has 20 nitrogen and oxygen atoms in total. The molecule has 2 aliphatic heterocycles. The number of aromatic nitrogens is 6. The number of ether oxygens (including phenoxy) is 2. The summed E-state index contributed by atoms with van der Waals surface area (Å²) in [6.45, 7) is -1.46. The predicted molar refractivity (Wildman–Crippen MR) is 130 cm³/mol. The number of aliphatic hydroxyl groups excluding tert-OH is 4. The summed E-state index contributed by atoms with van der Waals surface area (Å²) >= 11 is 0. The molecule has 0 radical (unpaired) electrons. The monoisotopic (exact) mass is 590 g/mol. The van der Waals surface area contributed by atoms with Crippen molar-refractivity contribution in [3.05, 3.63) is 45.8 Å². The van der Waals surface area contributed by atoms with E-state index in [1.165, 1.54) is 10.9 Å². The largest absolute Gasteiger partial charge is 0.472 e. The summed E-state index contributed by atoms with van der Waals surface area (Å²) in [5.41, 5.74) is 4.52. The van der Waals surface area contributed by atoms with Gasteiger partial charge in [0.1, 0.15) is 48.5 Å². The predicted octanol–water partition coefficient (Wildman–Crippen LogP) is -3.51. The van der Waals surface area contributed by atoms with Crippen LogP contribution in [0.15, 0.2) is 34.5 Å². The smallest absolute Gasteiger partial charge is 0.394 e. The third kappa shape index (κ3) is 5.42. The Morgan fingerprint density at radius 2 is 1.77 bits per heavy atom. The number of imidazole rings is 1. The lowest BCUT2D eigenvalue weighted by Gasteiger charge is -2.24. The number of nitrogens with two attached hydrogens (primary N) is 1. The molecule has 2 saturated heterocycles. The van der Waals surface area contributed by atoms with Crippen molar-refractivity contribution >= 4 is 24.8 Å². The molecule has 0 saturated carbocycles. The van der Waals surface area contributed by atoms with Crippen LogP contribution in [0.1, 0.15) is 12.5 Å². The number of hydrogen-bond acceptors (Lipinski definition) is 16. The number of phosphoric acid groups is 1. The first-order chi connectivity index (χ1) is 18.5. The third-order valence-electron chi connectivity index (χ3n) is 6.27. The fraction of sp³-hybridized carbons (Fsp3) is 0.526. The minimum absolute atomic E-state index is 0. The SMILES string of the molecule is N.Nc1ncnc2c1ncn2[C@@H]1O[C@H](CO)[C@@H](O)[C@H]1OP(=O)(O)OC[C@H]1O[C@@H](n2ccc(=O)[nH]c2=O)[C@H](O)[C@@H]1O. The Morgan fingerprint density at radius 1 is 1.05 bits per heavy atom. The molecule has 2 fully saturated rings. The van der Waals surface area contributed by atoms with Gasteiger partial charge in [-0.15, -0.1) is 0 Å². The number of nitrogens with one attached hydrogen (secondary N) is 1. The van der Waals surface area contributed by atoms with Crippen molar-refractivity contribution in [1.82, 2.24) is 35.2 Å². The maximum Gasteiger partial charge on any atom is 0.472 e. The minimum Gasteiger partial charge on any atom is -0.394 e. The van der Waals surface area contributed by atoms with Crippen molar-refractivity contribution in [2.75, 3.05) is 18.9 Å². The molecule has 21 heteroatoms. The van der Waals surface area contributed by atoms with E-state index in [1.807, 2.05) is 4.98 Å². The highest BCUT2D eigenvalue weighted by Crippen LogP contribution is 2.50. The molecule has 40 heavy (non-hydrogen) atoms. The second kappa shape index (κ2) is 11.4. The van der Waals surface area contributed by atoms with Gasteiger partial charge in [0.15, 0.2) is 23.9 Å². The van der Waals surface area contributed by atoms with Gasteiger partial charge in [-0.05, 0) is 0 Å². The fourth-order valence-electron chi connectivity index (χ4n) is 4.34. The van der Waals surface area contributed by atoms with Gasteiger partial charge in [0.25, 0.3) is 5.56 Å². The summed E-state index contributed by atoms with van der Waals surface area (Å²) in [6.07, 6.45) is -8.47. The molecule has 5 heterocycles. The number of hydrogen-bond donors (Lipinski definition) is 8. The van der Waals surface area contributed by atoms with Gasteiger partial charge < -0.3 is 46.7 Å². The normalized spacial score (nSPS) is 31.7. The van der Waals surface area contributed by atoms with Gasteiger partial charge in [-0.2, -0.15) is 0 Å². The van der Waals surface area contributed by atoms with Gasteiger partial charge in [-0.3, -0.25) is 28.0 Å². The van der Waals surface area contributed by atoms with E-state index in [1.54, 1.807) is 0 Å². The van der Waals surface area contributed by atoms with Crippen molar-refractivity contribution in [3.8, 4) is 0 Å². The zero-order chi connectivity index (χ0) is 28.1. The van der Waals surface area contributed by atoms with E-state index in [4.69, 9.17) is 24.3 Å². The highest BCUT2D eigenvalue weighted by atomic mass is 31.2. The van der Waals surface area contributed by atoms with Crippen LogP contribution in [0, 0.1) is 0 Å². The van der Waals surface area contributed by atoms with Crippen molar-refractivity contribution in [2.24, 2.45) is 0 Å². The van der Waals surface area contributed by atoms with Gasteiger partial charge in [0.2, 0.25) is 0 Å². The first-order valence-corrected chi connectivity index (χ1v) is 12.9. The van der Waals surface area contributed by atoms with Crippen LogP contribution in [-0.4, -0.2) is 104 Å². The number of nitrogens with zero attached hydrogens (tertiary/aromatic N) is 5. The Morgan fingerprint density at radius 3 is 2.48 bits per heavy atom. The lowest BCUT2D eigenvalue weighted by atomic mass is 10.1. The van der Waals surface area contributed by atoms with Gasteiger partial charge in [0, 0.05) is 12.3 Å². The molecule has 220 valence electrons. The molecular weight excluding hydrogens is 563 g/mol. The van der Waals surface area contributed by atoms with Crippen molar-refractivity contribution in [2.45, 2.75) is 49.1 Å². The van der Waals surface area contributed by atoms with Crippen molar-refractivity contribution in [1.29, 1.82) is 0 Å². The van der Waals surface area contributed by atoms with Crippen LogP contribution in [0.2, 0.25) is 0 Å². The number of phosphoric ester groups is 1. The van der Waals surface area contributed by atoms with E-state index in [0.29, 0.717) is 0 Å². The summed E-state index contributed by atoms with van der Waals surface area (Å²) in [5.74, 6) is 0.0457. The summed E-state index contributed by atoms with van der Waals surface area (Å²) < 4.78 is 36.2. The third-order valence-corrected chi connectivity index (χ3v) is 7.26. The van der Waals surface area contributed by atoms with E-state index in [-0.39, 0.29) is 23.1 Å². The average Bonchev–Trinajstić information content (AvgIpc) is 3.53. The van der Waals surface area contributed by atoms with Crippen LogP contribution in [0.4, 0.5) is 5.82 Å². The van der Waals surface area contributed by atoms with Gasteiger partial charge in [-0.1, -0.05) is 0 Å². The van der Waals surface area contributed by atoms with Gasteiger partial charge in [0.05, 0.1) is 19.5 Å². The number of anilines is 1. The molecule has 0 bridgehead atoms. The number of nitrogen functional groups attached to an aromatic ring is 1. The Kier molecular flexibility index (Phi) is 8.49. The maximum absolute atomic E-state index is 12.8. The topological polar surface area (TPSA) is 315 Å². The zero-order valence-electron chi connectivity index (χ0n) is 20.4. The van der Waals surface area contributed by atoms with Crippen LogP contribution in [0.25, 0.3) is 11.2 Å². The lowest BCUT2D eigenvalue weighted by molar-refractivity contribution is -0.0636. The van der Waals surface area contributed by atoms with Crippen LogP contribution in [0.3, 0.4) is 0 Å². The Balaban J connectivity index is 0.00000370. The molecule has 3 aromatic heterocycles. The number of H-pyrrole nitrogens is 1. The van der Waals surface area contributed by atoms with E-state index in [0.717, 1.165) is 23.2 Å². The summed E-state index contributed by atoms with van der Waals surface area (Å²) in [5, 5.41) is 40.9. The molecule has 2 aliphatic rings. The number of fused-ring (bicyclic) bond motifs is 1. The molecule has 9 atom stereocenters. The van der Waals surface area contributed by atoms with Gasteiger partial charge >= 0.3 is 13.5 Å². The summed E-state index contributed by atoms with van der Waals surface area (Å²) in [6, 6.07) is 0.998. The zero-order valence-corrected chi connectivity index (χ0v) is 21.3. The maximum atomic E-state index is 12.8. The molecule has 0 amide bonds. The van der Waals surface area contributed by atoms with Crippen molar-refractivity contribution in [3.63, 3.8) is 0 Å². The Labute approximate surface area is 222 Å². The first-order valence-electron chi connectivity index (χ1n) is 11.4. The molecular formula is C19H27N8O12P. The van der Waals surface area contributed by atoms with Gasteiger partial charge in [-0.25, -0.2) is 24.3 Å². The van der Waals surface area contributed by atoms with Crippen molar-refractivity contribution < 1.29 is 48.4 Å². The first kappa shape index (κ1) is 29.8. The summed E-state index contributed by atoms with van der Waals surface area (Å²) in [4.78, 5) is 47.7. The molecule has 1 unspecified atom stereocenters. The highest BCUT2D eigenvalue weighted by Gasteiger charge is 2.50. The van der Waals surface area contributed by atoms with Crippen LogP contribution in [-0.2, 0) is 23.1 Å². The quantitative estimate of drug-likeness (QED) is 0.118. The van der Waals surface area contributed by atoms with E-state index in [2.05, 4.69) is 15.0 Å². The minimum atomic E-state index is -5.03. The lowest BCUT2D eigenvalue weighted by Crippen LogP contribution is -2.37. The average molecular weight is 590 g/mol. The second-order valence-electron chi connectivity index (χ2n) is 8.72. The fourth-order valence-corrected chi connectivity index (χ4v) is 5.27. The number of aliphatic hydroxyl groups is 4. The van der Waals surface area contributed by atoms with Crippen LogP contribution < -0.4 is 23.1 Å².